The number of fused-ring (bicyclic) bond motifs is 1. The number of amides is 2. The van der Waals surface area contributed by atoms with Crippen molar-refractivity contribution in [2.75, 3.05) is 25.5 Å². The lowest BCUT2D eigenvalue weighted by Crippen LogP contribution is -2.41. The molecule has 238 valence electrons. The van der Waals surface area contributed by atoms with Gasteiger partial charge in [0.1, 0.15) is 0 Å². The van der Waals surface area contributed by atoms with E-state index in [9.17, 15) is 18.4 Å². The molecule has 0 aliphatic rings. The van der Waals surface area contributed by atoms with Crippen molar-refractivity contribution in [2.45, 2.75) is 45.6 Å². The Morgan fingerprint density at radius 2 is 1.91 bits per heavy atom. The van der Waals surface area contributed by atoms with E-state index in [0.29, 0.717) is 60.6 Å². The second kappa shape index (κ2) is 14.9. The number of hydrogen-bond donors (Lipinski definition) is 5. The van der Waals surface area contributed by atoms with Crippen LogP contribution >= 0.6 is 0 Å². The van der Waals surface area contributed by atoms with Gasteiger partial charge in [0.05, 0.1) is 19.0 Å². The summed E-state index contributed by atoms with van der Waals surface area (Å²) in [6, 6.07) is 7.82. The molecule has 0 aliphatic carbocycles. The number of methoxy groups -OCH3 is 1. The lowest BCUT2D eigenvalue weighted by Gasteiger charge is -2.16. The van der Waals surface area contributed by atoms with Crippen LogP contribution in [-0.4, -0.2) is 58.4 Å². The van der Waals surface area contributed by atoms with Gasteiger partial charge in [0.2, 0.25) is 11.7 Å². The van der Waals surface area contributed by atoms with Crippen LogP contribution in [0.15, 0.2) is 53.9 Å². The maximum absolute atomic E-state index is 14.8. The lowest BCUT2D eigenvalue weighted by molar-refractivity contribution is -0.121. The van der Waals surface area contributed by atoms with Crippen molar-refractivity contribution in [3.63, 3.8) is 0 Å². The summed E-state index contributed by atoms with van der Waals surface area (Å²) in [5, 5.41) is 8.98. The molecule has 7 N–H and O–H groups in total. The highest BCUT2D eigenvalue weighted by atomic mass is 19.2. The van der Waals surface area contributed by atoms with Gasteiger partial charge in [-0.3, -0.25) is 19.0 Å². The first kappa shape index (κ1) is 32.6. The van der Waals surface area contributed by atoms with E-state index in [2.05, 4.69) is 30.9 Å². The van der Waals surface area contributed by atoms with Gasteiger partial charge in [-0.2, -0.15) is 4.39 Å². The SMILES string of the molecule is CCc1cc(Nc2nccn3c(-c4ccc(OC)c(F)c4F)cnc23)ccc1C(=O)NC[C@@H](C)NC(=O)CCCCN=C(N)N. The highest BCUT2D eigenvalue weighted by Crippen LogP contribution is 2.31. The molecule has 0 aliphatic heterocycles. The van der Waals surface area contributed by atoms with E-state index in [1.807, 2.05) is 19.9 Å². The number of anilines is 2. The zero-order valence-corrected chi connectivity index (χ0v) is 25.4. The van der Waals surface area contributed by atoms with Crippen LogP contribution in [0.3, 0.4) is 0 Å². The number of halogens is 2. The number of imidazole rings is 1. The molecule has 1 atom stereocenters. The topological polar surface area (TPSA) is 174 Å². The van der Waals surface area contributed by atoms with Gasteiger partial charge >= 0.3 is 0 Å². The number of nitrogens with two attached hydrogens (primary N) is 2. The number of aryl methyl sites for hydroxylation is 1. The van der Waals surface area contributed by atoms with E-state index in [1.165, 1.54) is 31.6 Å². The fourth-order valence-electron chi connectivity index (χ4n) is 4.76. The third-order valence-corrected chi connectivity index (χ3v) is 7.05. The van der Waals surface area contributed by atoms with E-state index in [1.54, 1.807) is 22.7 Å². The Morgan fingerprint density at radius 1 is 1.11 bits per heavy atom. The highest BCUT2D eigenvalue weighted by molar-refractivity contribution is 5.96. The molecule has 0 saturated carbocycles. The largest absolute Gasteiger partial charge is 0.494 e. The van der Waals surface area contributed by atoms with Gasteiger partial charge in [0.25, 0.3) is 5.91 Å². The molecular formula is C31H37F2N9O3. The molecule has 0 saturated heterocycles. The minimum atomic E-state index is -1.08. The Hall–Kier alpha value is -5.27. The van der Waals surface area contributed by atoms with E-state index >= 15 is 0 Å². The first-order valence-corrected chi connectivity index (χ1v) is 14.5. The number of aromatic nitrogens is 3. The number of aliphatic imine (C=N–C) groups is 1. The summed E-state index contributed by atoms with van der Waals surface area (Å²) in [5.41, 5.74) is 13.3. The Morgan fingerprint density at radius 3 is 2.64 bits per heavy atom. The number of guanidine groups is 1. The van der Waals surface area contributed by atoms with Crippen LogP contribution < -0.4 is 32.2 Å². The normalized spacial score (nSPS) is 11.6. The molecule has 0 bridgehead atoms. The number of hydrogen-bond acceptors (Lipinski definition) is 7. The standard InChI is InChI=1S/C31H37F2N9O3/c1-4-19-15-20(8-9-21(19)30(44)39-16-18(2)40-25(43)7-5-6-12-37-31(34)35)41-28-29-38-17-23(42(29)14-13-36-28)22-10-11-24(45-3)27(33)26(22)32/h8-11,13-15,17-18H,4-7,12,16H2,1-3H3,(H,36,41)(H,39,44)(H,40,43)(H4,34,35,37)/t18-/m1/s1. The molecule has 14 heteroatoms. The number of ether oxygens (including phenoxy) is 1. The second-order valence-electron chi connectivity index (χ2n) is 10.3. The van der Waals surface area contributed by atoms with Crippen LogP contribution in [0.4, 0.5) is 20.3 Å². The first-order chi connectivity index (χ1) is 21.6. The first-order valence-electron chi connectivity index (χ1n) is 14.5. The van der Waals surface area contributed by atoms with Gasteiger partial charge in [-0.15, -0.1) is 0 Å². The van der Waals surface area contributed by atoms with Crippen LogP contribution in [0.2, 0.25) is 0 Å². The summed E-state index contributed by atoms with van der Waals surface area (Å²) in [7, 11) is 1.27. The monoisotopic (exact) mass is 621 g/mol. The van der Waals surface area contributed by atoms with Gasteiger partial charge in [0, 0.05) is 54.8 Å². The zero-order valence-electron chi connectivity index (χ0n) is 25.4. The number of carbonyl (C=O) groups is 2. The minimum absolute atomic E-state index is 0.0231. The van der Waals surface area contributed by atoms with Gasteiger partial charge < -0.3 is 32.2 Å². The molecular weight excluding hydrogens is 584 g/mol. The number of benzene rings is 2. The summed E-state index contributed by atoms with van der Waals surface area (Å²) in [5.74, 6) is -2.27. The predicted molar refractivity (Wildman–Crippen MR) is 168 cm³/mol. The number of nitrogens with one attached hydrogen (secondary N) is 3. The third kappa shape index (κ3) is 8.02. The average molecular weight is 622 g/mol. The minimum Gasteiger partial charge on any atom is -0.494 e. The van der Waals surface area contributed by atoms with Crippen LogP contribution in [0.5, 0.6) is 5.75 Å². The molecule has 4 rings (SSSR count). The Kier molecular flexibility index (Phi) is 10.8. The van der Waals surface area contributed by atoms with Crippen molar-refractivity contribution >= 4 is 34.9 Å². The summed E-state index contributed by atoms with van der Waals surface area (Å²) < 4.78 is 35.7. The maximum atomic E-state index is 14.8. The maximum Gasteiger partial charge on any atom is 0.251 e. The van der Waals surface area contributed by atoms with Crippen molar-refractivity contribution in [2.24, 2.45) is 16.5 Å². The van der Waals surface area contributed by atoms with Gasteiger partial charge in [0.15, 0.2) is 29.0 Å². The lowest BCUT2D eigenvalue weighted by atomic mass is 10.0. The van der Waals surface area contributed by atoms with Crippen molar-refractivity contribution in [3.05, 3.63) is 71.7 Å². The molecule has 0 spiro atoms. The summed E-state index contributed by atoms with van der Waals surface area (Å²) >= 11 is 0. The Balaban J connectivity index is 1.40. The molecule has 45 heavy (non-hydrogen) atoms. The Labute approximate surface area is 259 Å². The van der Waals surface area contributed by atoms with E-state index in [4.69, 9.17) is 16.2 Å². The summed E-state index contributed by atoms with van der Waals surface area (Å²) in [6.07, 6.45) is 6.83. The van der Waals surface area contributed by atoms with Crippen molar-refractivity contribution in [3.8, 4) is 17.0 Å². The molecule has 0 unspecified atom stereocenters. The van der Waals surface area contributed by atoms with Gasteiger partial charge in [-0.05, 0) is 62.1 Å². The van der Waals surface area contributed by atoms with Gasteiger partial charge in [-0.25, -0.2) is 14.4 Å². The summed E-state index contributed by atoms with van der Waals surface area (Å²) in [6.45, 7) is 4.49. The summed E-state index contributed by atoms with van der Waals surface area (Å²) in [4.78, 5) is 37.9. The van der Waals surface area contributed by atoms with E-state index in [-0.39, 0.29) is 41.7 Å². The quantitative estimate of drug-likeness (QED) is 0.0806. The zero-order chi connectivity index (χ0) is 32.5. The van der Waals surface area contributed by atoms with Crippen LogP contribution in [0, 0.1) is 11.6 Å². The molecule has 12 nitrogen and oxygen atoms in total. The third-order valence-electron chi connectivity index (χ3n) is 7.05. The number of rotatable bonds is 14. The molecule has 0 radical (unpaired) electrons. The number of carbonyl (C=O) groups excluding carboxylic acids is 2. The molecule has 2 heterocycles. The van der Waals surface area contributed by atoms with Crippen molar-refractivity contribution < 1.29 is 23.1 Å². The molecule has 2 aromatic heterocycles. The number of unbranched alkanes of at least 4 members (excludes halogenated alkanes) is 1. The van der Waals surface area contributed by atoms with Gasteiger partial charge in [-0.1, -0.05) is 6.92 Å². The van der Waals surface area contributed by atoms with E-state index in [0.717, 1.165) is 5.56 Å². The van der Waals surface area contributed by atoms with E-state index < -0.39 is 11.6 Å². The molecule has 2 amide bonds. The second-order valence-corrected chi connectivity index (χ2v) is 10.3. The predicted octanol–water partition coefficient (Wildman–Crippen LogP) is 3.67. The molecule has 4 aromatic rings. The van der Waals surface area contributed by atoms with Crippen LogP contribution in [0.1, 0.15) is 49.0 Å². The fourth-order valence-corrected chi connectivity index (χ4v) is 4.76. The smallest absolute Gasteiger partial charge is 0.251 e. The van der Waals surface area contributed by atoms with Crippen molar-refractivity contribution in [1.82, 2.24) is 25.0 Å². The highest BCUT2D eigenvalue weighted by Gasteiger charge is 2.20. The fraction of sp³-hybridized carbons (Fsp3) is 0.323. The van der Waals surface area contributed by atoms with Crippen LogP contribution in [-0.2, 0) is 11.2 Å². The van der Waals surface area contributed by atoms with Crippen molar-refractivity contribution in [1.29, 1.82) is 0 Å². The van der Waals surface area contributed by atoms with Crippen LogP contribution in [0.25, 0.3) is 16.9 Å². The Bertz CT molecular complexity index is 1700. The molecule has 2 aromatic carbocycles. The average Bonchev–Trinajstić information content (AvgIpc) is 3.45. The molecule has 0 fully saturated rings. The number of nitrogens with zero attached hydrogens (tertiary/aromatic N) is 4.